The van der Waals surface area contributed by atoms with Crippen molar-refractivity contribution in [2.75, 3.05) is 90.1 Å². The summed E-state index contributed by atoms with van der Waals surface area (Å²) in [6.45, 7) is 15.1. The average molecular weight is 1120 g/mol. The number of esters is 1. The van der Waals surface area contributed by atoms with Crippen molar-refractivity contribution in [3.05, 3.63) is 59.2 Å². The van der Waals surface area contributed by atoms with Crippen LogP contribution in [0, 0.1) is 0 Å². The van der Waals surface area contributed by atoms with Crippen molar-refractivity contribution in [3.63, 3.8) is 0 Å². The van der Waals surface area contributed by atoms with Gasteiger partial charge in [0.25, 0.3) is 0 Å². The minimum Gasteiger partial charge on any atom is -0.481 e. The molecule has 4 heterocycles. The van der Waals surface area contributed by atoms with Crippen LogP contribution in [0.25, 0.3) is 43.9 Å². The predicted molar refractivity (Wildman–Crippen MR) is 308 cm³/mol. The summed E-state index contributed by atoms with van der Waals surface area (Å²) >= 11 is 2.23. The topological polar surface area (TPSA) is 220 Å². The lowest BCUT2D eigenvalue weighted by molar-refractivity contribution is -0.891. The number of nitrogen functional groups attached to an aromatic ring is 2. The highest BCUT2D eigenvalue weighted by molar-refractivity contribution is 14.1. The number of aromatic amines is 2. The van der Waals surface area contributed by atoms with Gasteiger partial charge in [0.1, 0.15) is 57.5 Å². The van der Waals surface area contributed by atoms with Crippen molar-refractivity contribution in [3.8, 4) is 0 Å². The molecule has 16 nitrogen and oxygen atoms in total. The molecule has 2 aromatic carbocycles. The number of halogens is 1. The second kappa shape index (κ2) is 31.3. The normalized spacial score (nSPS) is 11.9. The van der Waals surface area contributed by atoms with Gasteiger partial charge in [0.05, 0.1) is 70.9 Å². The van der Waals surface area contributed by atoms with E-state index in [-0.39, 0.29) is 24.6 Å². The summed E-state index contributed by atoms with van der Waals surface area (Å²) in [4.78, 5) is 49.5. The van der Waals surface area contributed by atoms with E-state index in [9.17, 15) is 9.59 Å². The van der Waals surface area contributed by atoms with E-state index in [1.54, 1.807) is 0 Å². The Balaban J connectivity index is 0.000000261. The number of carboxylic acid groups (broad SMARTS) is 1. The van der Waals surface area contributed by atoms with Gasteiger partial charge < -0.3 is 50.1 Å². The minimum absolute atomic E-state index is 0.0664. The lowest BCUT2D eigenvalue weighted by Gasteiger charge is -2.29. The molecule has 0 amide bonds. The molecule has 404 valence electrons. The van der Waals surface area contributed by atoms with E-state index < -0.39 is 5.97 Å². The first kappa shape index (κ1) is 60.9. The van der Waals surface area contributed by atoms with E-state index in [0.717, 1.165) is 155 Å². The number of likely N-dealkylation sites (N-methyl/N-ethyl adjacent to an activating group) is 1. The van der Waals surface area contributed by atoms with E-state index in [0.29, 0.717) is 37.9 Å². The summed E-state index contributed by atoms with van der Waals surface area (Å²) in [7, 11) is 8.65. The molecule has 0 unspecified atom stereocenters. The monoisotopic (exact) mass is 1120 g/mol. The molecule has 0 saturated heterocycles. The van der Waals surface area contributed by atoms with Crippen LogP contribution in [-0.2, 0) is 49.5 Å². The van der Waals surface area contributed by atoms with E-state index in [4.69, 9.17) is 40.8 Å². The Morgan fingerprint density at radius 3 is 1.66 bits per heavy atom. The largest absolute Gasteiger partial charge is 0.481 e. The Hall–Kier alpha value is -4.69. The third kappa shape index (κ3) is 22.0. The van der Waals surface area contributed by atoms with Crippen LogP contribution in [-0.4, -0.2) is 141 Å². The number of ether oxygens (including phenoxy) is 3. The number of aryl methyl sites for hydroxylation is 4. The summed E-state index contributed by atoms with van der Waals surface area (Å²) in [5, 5.41) is 10.8. The quantitative estimate of drug-likeness (QED) is 0.00971. The summed E-state index contributed by atoms with van der Waals surface area (Å²) in [6, 6.07) is 13.0. The number of alkyl halides is 1. The maximum Gasteiger partial charge on any atom is 0.308 e. The van der Waals surface area contributed by atoms with E-state index in [1.807, 2.05) is 20.8 Å². The SMILES string of the molecule is CC(C)(C)OC(=O)CCOCCI.CCCCc1nc2c([nH]1)c(N)nc1cc(CCCCCN(C)C)ccc12.CCCCc1nc2c([nH]1)c(N)nc1cc(CCCCC[N+](C)(C)CCOCCC(=O)O)ccc12. The molecule has 17 heteroatoms. The molecule has 73 heavy (non-hydrogen) atoms. The number of nitrogens with zero attached hydrogens (tertiary/aromatic N) is 6. The van der Waals surface area contributed by atoms with Crippen molar-refractivity contribution in [2.45, 2.75) is 143 Å². The molecule has 0 saturated carbocycles. The fraction of sp³-hybridized carbons (Fsp3) is 0.607. The number of unbranched alkanes of at least 4 members (excludes halogenated alkanes) is 6. The van der Waals surface area contributed by atoms with Crippen molar-refractivity contribution in [1.29, 1.82) is 0 Å². The number of rotatable bonds is 29. The van der Waals surface area contributed by atoms with Crippen molar-refractivity contribution < 1.29 is 33.4 Å². The molecule has 0 atom stereocenters. The number of hydrogen-bond acceptors (Lipinski definition) is 12. The highest BCUT2D eigenvalue weighted by Gasteiger charge is 2.18. The molecule has 0 fully saturated rings. The third-order valence-electron chi connectivity index (χ3n) is 12.4. The second-order valence-corrected chi connectivity index (χ2v) is 22.0. The lowest BCUT2D eigenvalue weighted by Crippen LogP contribution is -2.43. The molecule has 0 radical (unpaired) electrons. The first-order chi connectivity index (χ1) is 34.8. The molecule has 0 aliphatic rings. The standard InChI is InChI=1S/C26H39N5O3.C21H31N5.C9H17IO3/c1-4-5-10-22-29-24-20-12-11-19(18-21(20)28-26(27)25(24)30-22)9-7-6-8-14-31(2,3)15-17-34-16-13-23(32)33;1-4-5-10-18-24-19-16-12-11-15(9-7-6-8-13-26(2)3)14-17(16)23-21(22)20(19)25-18;1-9(2,3)13-8(11)4-6-12-7-5-10/h11-12,18H,4-10,13-17H2,1-3H3,(H3-,27,28,29,30,32,33);11-12,14H,4-10,13H2,1-3H3,(H2,22,23)(H,24,25);4-7H2,1-3H3/p+1. The van der Waals surface area contributed by atoms with Crippen LogP contribution in [0.5, 0.6) is 0 Å². The van der Waals surface area contributed by atoms with Gasteiger partial charge in [0.15, 0.2) is 0 Å². The Bertz CT molecular complexity index is 2610. The zero-order chi connectivity index (χ0) is 53.4. The Kier molecular flexibility index (Phi) is 26.1. The lowest BCUT2D eigenvalue weighted by atomic mass is 10.0. The first-order valence-corrected chi connectivity index (χ1v) is 28.1. The Labute approximate surface area is 448 Å². The number of nitrogens with two attached hydrogens (primary N) is 2. The highest BCUT2D eigenvalue weighted by Crippen LogP contribution is 2.29. The number of carboxylic acids is 1. The molecule has 0 aliphatic heterocycles. The predicted octanol–water partition coefficient (Wildman–Crippen LogP) is 10.8. The number of nitrogens with one attached hydrogen (secondary N) is 2. The van der Waals surface area contributed by atoms with Crippen LogP contribution in [0.3, 0.4) is 0 Å². The van der Waals surface area contributed by atoms with Gasteiger partial charge in [-0.25, -0.2) is 19.9 Å². The number of H-pyrrole nitrogens is 2. The number of hydrogen-bond donors (Lipinski definition) is 5. The van der Waals surface area contributed by atoms with Gasteiger partial charge in [0, 0.05) is 28.0 Å². The van der Waals surface area contributed by atoms with Crippen LogP contribution in [0.2, 0.25) is 0 Å². The second-order valence-electron chi connectivity index (χ2n) is 20.9. The van der Waals surface area contributed by atoms with Gasteiger partial charge in [-0.1, -0.05) is 80.0 Å². The van der Waals surface area contributed by atoms with Crippen molar-refractivity contribution in [1.82, 2.24) is 34.8 Å². The van der Waals surface area contributed by atoms with Crippen LogP contribution in [0.15, 0.2) is 36.4 Å². The molecule has 0 spiro atoms. The molecule has 4 aromatic heterocycles. The van der Waals surface area contributed by atoms with Gasteiger partial charge in [-0.3, -0.25) is 9.59 Å². The molecule has 6 aromatic rings. The molecule has 7 N–H and O–H groups in total. The number of benzene rings is 2. The van der Waals surface area contributed by atoms with Crippen LogP contribution < -0.4 is 11.5 Å². The zero-order valence-corrected chi connectivity index (χ0v) is 47.8. The van der Waals surface area contributed by atoms with Crippen molar-refractivity contribution >= 4 is 90.0 Å². The fourth-order valence-corrected chi connectivity index (χ4v) is 8.63. The number of anilines is 2. The maximum absolute atomic E-state index is 11.1. The third-order valence-corrected chi connectivity index (χ3v) is 12.8. The first-order valence-electron chi connectivity index (χ1n) is 26.6. The number of carbonyl (C=O) groups excluding carboxylic acids is 1. The van der Waals surface area contributed by atoms with Crippen LogP contribution in [0.1, 0.15) is 134 Å². The molecule has 6 rings (SSSR count). The van der Waals surface area contributed by atoms with Gasteiger partial charge in [-0.2, -0.15) is 0 Å². The summed E-state index contributed by atoms with van der Waals surface area (Å²) in [5.74, 6) is 2.04. The minimum atomic E-state index is -0.814. The number of aromatic nitrogens is 6. The van der Waals surface area contributed by atoms with Gasteiger partial charge in [-0.05, 0) is 122 Å². The van der Waals surface area contributed by atoms with Gasteiger partial charge >= 0.3 is 11.9 Å². The smallest absolute Gasteiger partial charge is 0.308 e. The van der Waals surface area contributed by atoms with Crippen LogP contribution in [0.4, 0.5) is 11.6 Å². The zero-order valence-electron chi connectivity index (χ0n) is 45.6. The molecule has 0 aliphatic carbocycles. The number of carbonyl (C=O) groups is 2. The number of fused-ring (bicyclic) bond motifs is 6. The van der Waals surface area contributed by atoms with E-state index in [1.165, 1.54) is 30.4 Å². The Morgan fingerprint density at radius 2 is 1.18 bits per heavy atom. The fourth-order valence-electron chi connectivity index (χ4n) is 8.32. The van der Waals surface area contributed by atoms with Crippen molar-refractivity contribution in [2.24, 2.45) is 0 Å². The summed E-state index contributed by atoms with van der Waals surface area (Å²) < 4.78 is 17.5. The van der Waals surface area contributed by atoms with Gasteiger partial charge in [-0.15, -0.1) is 0 Å². The van der Waals surface area contributed by atoms with Gasteiger partial charge in [0.2, 0.25) is 0 Å². The molecular weight excluding hydrogens is 1040 g/mol. The number of pyridine rings is 2. The van der Waals surface area contributed by atoms with E-state index in [2.05, 4.69) is 126 Å². The summed E-state index contributed by atoms with van der Waals surface area (Å²) in [6.07, 6.45) is 16.1. The van der Waals surface area contributed by atoms with E-state index >= 15 is 0 Å². The highest BCUT2D eigenvalue weighted by atomic mass is 127. The number of aliphatic carboxylic acids is 1. The Morgan fingerprint density at radius 1 is 0.671 bits per heavy atom. The maximum atomic E-state index is 11.1. The number of quaternary nitrogens is 1. The number of imidazole rings is 2. The summed E-state index contributed by atoms with van der Waals surface area (Å²) in [5.41, 5.74) is 20.1. The molecule has 0 bridgehead atoms. The van der Waals surface area contributed by atoms with Crippen LogP contribution >= 0.6 is 22.6 Å². The molecular formula is C56H88IN10O6+. The average Bonchev–Trinajstić information content (AvgIpc) is 3.97.